The third-order valence-electron chi connectivity index (χ3n) is 7.59. The molecule has 2 aliphatic rings. The summed E-state index contributed by atoms with van der Waals surface area (Å²) >= 11 is 34.3. The number of carboxylic acid groups (broad SMARTS) is 1. The molecule has 2 N–H and O–H groups in total. The van der Waals surface area contributed by atoms with Crippen LogP contribution in [0.5, 0.6) is 5.75 Å². The molecule has 2 aromatic carbocycles. The van der Waals surface area contributed by atoms with E-state index < -0.39 is 18.0 Å². The van der Waals surface area contributed by atoms with Crippen LogP contribution in [0.1, 0.15) is 75.1 Å². The normalized spacial score (nSPS) is 12.2. The predicted molar refractivity (Wildman–Crippen MR) is 221 cm³/mol. The van der Waals surface area contributed by atoms with Crippen LogP contribution in [0.3, 0.4) is 0 Å². The molecule has 0 fully saturated rings. The molecule has 1 aliphatic heterocycles. The van der Waals surface area contributed by atoms with Gasteiger partial charge in [-0.05, 0) is 115 Å². The minimum atomic E-state index is -1.46. The maximum atomic E-state index is 14.0. The standard InChI is InChI=1S/C32H26Cl4I4O7/c1-2-3-4-5-6-7-8-9-10-17(31(43)44)46-32(45)20-19(21(33)23(35)24(36)22(20)34)18-13-11-15(37)27(41)25(39)29(13)47-30-14(18)12-16(38)28(42)26(30)40/h11-12,17,41H,2-10H2,1H3,(H,43,44). The van der Waals surface area contributed by atoms with Gasteiger partial charge in [0.2, 0.25) is 5.43 Å². The number of phenols is 1. The second-order valence-corrected chi connectivity index (χ2v) is 16.7. The minimum absolute atomic E-state index is 0.0145. The molecule has 0 saturated heterocycles. The van der Waals surface area contributed by atoms with Crippen LogP contribution in [-0.2, 0) is 9.53 Å². The Morgan fingerprint density at radius 2 is 1.43 bits per heavy atom. The molecule has 1 atom stereocenters. The van der Waals surface area contributed by atoms with Crippen molar-refractivity contribution in [2.24, 2.45) is 0 Å². The van der Waals surface area contributed by atoms with Gasteiger partial charge in [-0.1, -0.05) is 98.3 Å². The van der Waals surface area contributed by atoms with E-state index >= 15 is 0 Å². The number of aliphatic carboxylic acids is 1. The number of benzene rings is 3. The molecule has 1 heterocycles. The molecule has 47 heavy (non-hydrogen) atoms. The molecule has 1 aliphatic carbocycles. The van der Waals surface area contributed by atoms with E-state index in [0.717, 1.165) is 32.1 Å². The number of ether oxygens (including phenoxy) is 1. The fourth-order valence-electron chi connectivity index (χ4n) is 5.21. The molecular formula is C32H26Cl4I4O7. The van der Waals surface area contributed by atoms with Crippen LogP contribution in [0.2, 0.25) is 20.1 Å². The molecule has 252 valence electrons. The first kappa shape index (κ1) is 39.7. The number of unbranched alkanes of at least 4 members (excludes halogenated alkanes) is 7. The zero-order chi connectivity index (χ0) is 34.7. The fraction of sp³-hybridized carbons (Fsp3) is 0.344. The number of fused-ring (bicyclic) bond motifs is 2. The van der Waals surface area contributed by atoms with Crippen molar-refractivity contribution in [3.63, 3.8) is 0 Å². The Morgan fingerprint density at radius 1 is 0.830 bits per heavy atom. The number of esters is 1. The summed E-state index contributed by atoms with van der Waals surface area (Å²) in [7, 11) is 0. The van der Waals surface area contributed by atoms with Crippen molar-refractivity contribution < 1.29 is 29.0 Å². The second-order valence-electron chi connectivity index (χ2n) is 10.8. The largest absolute Gasteiger partial charge is 0.506 e. The summed E-state index contributed by atoms with van der Waals surface area (Å²) in [5, 5.41) is 20.4. The van der Waals surface area contributed by atoms with Crippen molar-refractivity contribution in [3.05, 3.63) is 62.3 Å². The summed E-state index contributed by atoms with van der Waals surface area (Å²) in [6, 6.07) is 3.23. The van der Waals surface area contributed by atoms with E-state index in [9.17, 15) is 24.6 Å². The quantitative estimate of drug-likeness (QED) is 0.0342. The minimum Gasteiger partial charge on any atom is -0.506 e. The van der Waals surface area contributed by atoms with Gasteiger partial charge in [0, 0.05) is 22.1 Å². The van der Waals surface area contributed by atoms with Gasteiger partial charge in [-0.3, -0.25) is 4.79 Å². The van der Waals surface area contributed by atoms with E-state index in [1.807, 2.05) is 90.4 Å². The topological polar surface area (TPSA) is 114 Å². The van der Waals surface area contributed by atoms with Crippen LogP contribution >= 0.6 is 137 Å². The van der Waals surface area contributed by atoms with E-state index in [0.29, 0.717) is 33.6 Å². The van der Waals surface area contributed by atoms with Gasteiger partial charge < -0.3 is 19.4 Å². The Labute approximate surface area is 345 Å². The predicted octanol–water partition coefficient (Wildman–Crippen LogP) is 12.4. The number of halogens is 8. The molecule has 0 saturated carbocycles. The van der Waals surface area contributed by atoms with Gasteiger partial charge in [-0.25, -0.2) is 9.59 Å². The summed E-state index contributed by atoms with van der Waals surface area (Å²) in [4.78, 5) is 39.3. The van der Waals surface area contributed by atoms with E-state index in [1.54, 1.807) is 12.1 Å². The Morgan fingerprint density at radius 3 is 2.04 bits per heavy atom. The van der Waals surface area contributed by atoms with Crippen molar-refractivity contribution in [2.45, 2.75) is 70.8 Å². The lowest BCUT2D eigenvalue weighted by atomic mass is 9.90. The number of carbonyl (C=O) groups excluding carboxylic acids is 1. The van der Waals surface area contributed by atoms with E-state index in [4.69, 9.17) is 55.6 Å². The zero-order valence-corrected chi connectivity index (χ0v) is 36.2. The Hall–Kier alpha value is -0.0500. The Balaban J connectivity index is 1.89. The number of carbonyl (C=O) groups is 2. The zero-order valence-electron chi connectivity index (χ0n) is 24.6. The molecule has 4 rings (SSSR count). The van der Waals surface area contributed by atoms with E-state index in [1.165, 1.54) is 12.8 Å². The Kier molecular flexibility index (Phi) is 14.7. The highest BCUT2D eigenvalue weighted by Gasteiger charge is 2.34. The highest BCUT2D eigenvalue weighted by atomic mass is 127. The smallest absolute Gasteiger partial charge is 0.345 e. The summed E-state index contributed by atoms with van der Waals surface area (Å²) in [6.45, 7) is 2.16. The third-order valence-corrected chi connectivity index (χ3v) is 13.0. The highest BCUT2D eigenvalue weighted by molar-refractivity contribution is 14.1. The van der Waals surface area contributed by atoms with Crippen LogP contribution in [-0.4, -0.2) is 28.3 Å². The first-order valence-electron chi connectivity index (χ1n) is 14.5. The fourth-order valence-corrected chi connectivity index (χ4v) is 9.81. The van der Waals surface area contributed by atoms with Gasteiger partial charge >= 0.3 is 11.9 Å². The third kappa shape index (κ3) is 8.54. The highest BCUT2D eigenvalue weighted by Crippen LogP contribution is 2.52. The number of rotatable bonds is 13. The van der Waals surface area contributed by atoms with Crippen LogP contribution in [0.15, 0.2) is 21.3 Å². The summed E-state index contributed by atoms with van der Waals surface area (Å²) in [6.07, 6.45) is 6.68. The lowest BCUT2D eigenvalue weighted by Gasteiger charge is -2.23. The van der Waals surface area contributed by atoms with Crippen molar-refractivity contribution in [1.29, 1.82) is 0 Å². The molecule has 0 spiro atoms. The molecule has 0 amide bonds. The summed E-state index contributed by atoms with van der Waals surface area (Å²) in [5.41, 5.74) is 0.348. The molecule has 0 aromatic heterocycles. The number of carboxylic acids is 1. The molecule has 7 nitrogen and oxygen atoms in total. The molecule has 0 radical (unpaired) electrons. The monoisotopic (exact) mass is 1170 g/mol. The van der Waals surface area contributed by atoms with Gasteiger partial charge in [0.1, 0.15) is 9.32 Å². The van der Waals surface area contributed by atoms with E-state index in [2.05, 4.69) is 6.92 Å². The molecule has 2 aromatic rings. The first-order chi connectivity index (χ1) is 22.2. The molecule has 0 bridgehead atoms. The number of aromatic hydroxyl groups is 1. The average Bonchev–Trinajstić information content (AvgIpc) is 3.03. The number of hydrogen-bond acceptors (Lipinski definition) is 6. The van der Waals surface area contributed by atoms with Crippen LogP contribution in [0.4, 0.5) is 0 Å². The molecule has 15 heteroatoms. The van der Waals surface area contributed by atoms with Gasteiger partial charge in [-0.15, -0.1) is 0 Å². The first-order valence-corrected chi connectivity index (χ1v) is 20.3. The van der Waals surface area contributed by atoms with Gasteiger partial charge in [-0.2, -0.15) is 0 Å². The Bertz CT molecular complexity index is 1900. The maximum absolute atomic E-state index is 14.0. The van der Waals surface area contributed by atoms with Crippen molar-refractivity contribution in [1.82, 2.24) is 0 Å². The number of hydrogen-bond donors (Lipinski definition) is 2. The average molecular weight is 1170 g/mol. The van der Waals surface area contributed by atoms with Crippen LogP contribution in [0, 0.1) is 14.3 Å². The van der Waals surface area contributed by atoms with Gasteiger partial charge in [0.05, 0.1) is 36.4 Å². The lowest BCUT2D eigenvalue weighted by molar-refractivity contribution is -0.147. The number of phenolic OH excluding ortho intramolecular Hbond substituents is 1. The van der Waals surface area contributed by atoms with Crippen molar-refractivity contribution in [3.8, 4) is 28.2 Å². The lowest BCUT2D eigenvalue weighted by Crippen LogP contribution is -2.27. The van der Waals surface area contributed by atoms with Gasteiger partial charge in [0.25, 0.3) is 0 Å². The van der Waals surface area contributed by atoms with Crippen molar-refractivity contribution in [2.75, 3.05) is 0 Å². The van der Waals surface area contributed by atoms with Crippen LogP contribution < -0.4 is 5.43 Å². The molecule has 1 unspecified atom stereocenters. The molecular weight excluding hydrogens is 1150 g/mol. The second kappa shape index (κ2) is 17.4. The maximum Gasteiger partial charge on any atom is 0.345 e. The SMILES string of the molecule is CCCCCCCCCCC(OC(=O)c1c(Cl)c(Cl)c(Cl)c(Cl)c1-c1c2cc(I)c(=O)c(I)c-2oc2c(I)c(O)c(I)cc12)C(=O)O. The van der Waals surface area contributed by atoms with Gasteiger partial charge in [0.15, 0.2) is 17.4 Å². The van der Waals surface area contributed by atoms with Crippen molar-refractivity contribution >= 4 is 160 Å². The van der Waals surface area contributed by atoms with Crippen LogP contribution in [0.25, 0.3) is 33.4 Å². The summed E-state index contributed by atoms with van der Waals surface area (Å²) < 4.78 is 13.3. The van der Waals surface area contributed by atoms with E-state index in [-0.39, 0.29) is 63.7 Å². The summed E-state index contributed by atoms with van der Waals surface area (Å²) in [5.74, 6) is -2.23.